The Hall–Kier alpha value is -1.85. The zero-order valence-electron chi connectivity index (χ0n) is 13.7. The zero-order valence-corrected chi connectivity index (χ0v) is 15.3. The minimum atomic E-state index is -0.149. The van der Waals surface area contributed by atoms with Gasteiger partial charge in [0, 0.05) is 34.4 Å². The number of halogens is 1. The van der Waals surface area contributed by atoms with Gasteiger partial charge in [-0.3, -0.25) is 4.79 Å². The highest BCUT2D eigenvalue weighted by atomic mass is 32.2. The van der Waals surface area contributed by atoms with E-state index < -0.39 is 0 Å². The van der Waals surface area contributed by atoms with Gasteiger partial charge >= 0.3 is 0 Å². The van der Waals surface area contributed by atoms with E-state index in [2.05, 4.69) is 0 Å². The van der Waals surface area contributed by atoms with Crippen LogP contribution in [0.4, 0.5) is 4.39 Å². The van der Waals surface area contributed by atoms with Crippen LogP contribution in [-0.4, -0.2) is 29.6 Å². The first-order chi connectivity index (χ1) is 12.2. The van der Waals surface area contributed by atoms with E-state index in [1.807, 2.05) is 47.4 Å². The second kappa shape index (κ2) is 7.18. The molecule has 0 bridgehead atoms. The average molecular weight is 372 g/mol. The van der Waals surface area contributed by atoms with E-state index in [1.165, 1.54) is 6.07 Å². The molecule has 1 fully saturated rings. The number of thiophene rings is 1. The third-order valence-corrected chi connectivity index (χ3v) is 6.93. The SMILES string of the molecule is O=C(c1cc2ccccc2s1)N1CCS[C@H](c2ccccc2F)CC1. The summed E-state index contributed by atoms with van der Waals surface area (Å²) in [6.07, 6.45) is 0.780. The lowest BCUT2D eigenvalue weighted by Gasteiger charge is -2.19. The third kappa shape index (κ3) is 3.44. The van der Waals surface area contributed by atoms with Gasteiger partial charge in [0.25, 0.3) is 5.91 Å². The number of fused-ring (bicyclic) bond motifs is 1. The second-order valence-electron chi connectivity index (χ2n) is 6.11. The predicted octanol–water partition coefficient (Wildman–Crippen LogP) is 5.36. The molecule has 1 atom stereocenters. The molecule has 2 aromatic carbocycles. The van der Waals surface area contributed by atoms with Crippen LogP contribution in [-0.2, 0) is 0 Å². The standard InChI is InChI=1S/C20H18FNOS2/c21-16-7-3-2-6-15(16)18-9-10-22(11-12-24-18)20(23)19-13-14-5-1-4-8-17(14)25-19/h1-8,13,18H,9-12H2/t18-/m0/s1. The molecule has 25 heavy (non-hydrogen) atoms. The van der Waals surface area contributed by atoms with Crippen molar-refractivity contribution in [3.05, 3.63) is 70.9 Å². The maximum atomic E-state index is 14.1. The van der Waals surface area contributed by atoms with E-state index in [-0.39, 0.29) is 17.0 Å². The zero-order chi connectivity index (χ0) is 17.2. The molecule has 2 heterocycles. The van der Waals surface area contributed by atoms with E-state index >= 15 is 0 Å². The van der Waals surface area contributed by atoms with Crippen LogP contribution in [0.3, 0.4) is 0 Å². The van der Waals surface area contributed by atoms with E-state index in [0.29, 0.717) is 13.1 Å². The van der Waals surface area contributed by atoms with E-state index in [4.69, 9.17) is 0 Å². The van der Waals surface area contributed by atoms with Crippen molar-refractivity contribution in [2.75, 3.05) is 18.8 Å². The van der Waals surface area contributed by atoms with Crippen molar-refractivity contribution < 1.29 is 9.18 Å². The number of carbonyl (C=O) groups excluding carboxylic acids is 1. The van der Waals surface area contributed by atoms with Crippen LogP contribution in [0.15, 0.2) is 54.6 Å². The Labute approximate surface area is 154 Å². The van der Waals surface area contributed by atoms with E-state index in [1.54, 1.807) is 29.2 Å². The molecular weight excluding hydrogens is 353 g/mol. The number of hydrogen-bond donors (Lipinski definition) is 0. The summed E-state index contributed by atoms with van der Waals surface area (Å²) in [4.78, 5) is 15.6. The fourth-order valence-electron chi connectivity index (χ4n) is 3.20. The lowest BCUT2D eigenvalue weighted by Crippen LogP contribution is -2.32. The lowest BCUT2D eigenvalue weighted by molar-refractivity contribution is 0.0771. The smallest absolute Gasteiger partial charge is 0.263 e. The Kier molecular flexibility index (Phi) is 4.77. The van der Waals surface area contributed by atoms with Gasteiger partial charge in [-0.2, -0.15) is 11.8 Å². The van der Waals surface area contributed by atoms with Gasteiger partial charge in [-0.15, -0.1) is 11.3 Å². The molecule has 1 aliphatic rings. The number of benzene rings is 2. The summed E-state index contributed by atoms with van der Waals surface area (Å²) >= 11 is 3.29. The summed E-state index contributed by atoms with van der Waals surface area (Å²) in [7, 11) is 0. The van der Waals surface area contributed by atoms with Gasteiger partial charge in [0.1, 0.15) is 5.82 Å². The second-order valence-corrected chi connectivity index (χ2v) is 8.50. The Bertz CT molecular complexity index is 874. The summed E-state index contributed by atoms with van der Waals surface area (Å²) in [5.74, 6) is 0.774. The maximum absolute atomic E-state index is 14.1. The van der Waals surface area contributed by atoms with Gasteiger partial charge in [-0.25, -0.2) is 4.39 Å². The van der Waals surface area contributed by atoms with Crippen molar-refractivity contribution >= 4 is 39.1 Å². The van der Waals surface area contributed by atoms with Gasteiger partial charge in [0.05, 0.1) is 4.88 Å². The number of hydrogen-bond acceptors (Lipinski definition) is 3. The first kappa shape index (κ1) is 16.6. The number of rotatable bonds is 2. The van der Waals surface area contributed by atoms with Crippen LogP contribution in [0.25, 0.3) is 10.1 Å². The van der Waals surface area contributed by atoms with Crippen LogP contribution in [0.1, 0.15) is 26.9 Å². The largest absolute Gasteiger partial charge is 0.337 e. The van der Waals surface area contributed by atoms with Crippen LogP contribution < -0.4 is 0 Å². The molecule has 128 valence electrons. The van der Waals surface area contributed by atoms with E-state index in [0.717, 1.165) is 32.7 Å². The molecule has 2 nitrogen and oxygen atoms in total. The van der Waals surface area contributed by atoms with Crippen molar-refractivity contribution in [2.24, 2.45) is 0 Å². The van der Waals surface area contributed by atoms with Gasteiger partial charge in [0.2, 0.25) is 0 Å². The molecule has 0 N–H and O–H groups in total. The average Bonchev–Trinajstić information content (AvgIpc) is 2.92. The summed E-state index contributed by atoms with van der Waals surface area (Å²) in [5, 5.41) is 1.23. The van der Waals surface area contributed by atoms with Crippen LogP contribution in [0, 0.1) is 5.82 Å². The number of nitrogens with zero attached hydrogens (tertiary/aromatic N) is 1. The minimum Gasteiger partial charge on any atom is -0.337 e. The first-order valence-corrected chi connectivity index (χ1v) is 10.2. The molecule has 0 spiro atoms. The number of thioether (sulfide) groups is 1. The fourth-order valence-corrected chi connectivity index (χ4v) is 5.48. The molecule has 5 heteroatoms. The van der Waals surface area contributed by atoms with Crippen LogP contribution >= 0.6 is 23.1 Å². The lowest BCUT2D eigenvalue weighted by atomic mass is 10.1. The predicted molar refractivity (Wildman–Crippen MR) is 104 cm³/mol. The molecule has 1 aromatic heterocycles. The Morgan fingerprint density at radius 1 is 1.08 bits per heavy atom. The van der Waals surface area contributed by atoms with E-state index in [9.17, 15) is 9.18 Å². The van der Waals surface area contributed by atoms with Gasteiger partial charge in [0.15, 0.2) is 0 Å². The maximum Gasteiger partial charge on any atom is 0.263 e. The Balaban J connectivity index is 1.50. The first-order valence-electron chi connectivity index (χ1n) is 8.36. The molecule has 3 aromatic rings. The van der Waals surface area contributed by atoms with Crippen molar-refractivity contribution in [3.63, 3.8) is 0 Å². The molecule has 0 saturated carbocycles. The topological polar surface area (TPSA) is 20.3 Å². The van der Waals surface area contributed by atoms with Crippen LogP contribution in [0.2, 0.25) is 0 Å². The summed E-state index contributed by atoms with van der Waals surface area (Å²) < 4.78 is 15.2. The summed E-state index contributed by atoms with van der Waals surface area (Å²) in [5.41, 5.74) is 0.753. The molecule has 0 aliphatic carbocycles. The molecule has 1 saturated heterocycles. The highest BCUT2D eigenvalue weighted by molar-refractivity contribution is 7.99. The van der Waals surface area contributed by atoms with Crippen molar-refractivity contribution in [2.45, 2.75) is 11.7 Å². The fraction of sp³-hybridized carbons (Fsp3) is 0.250. The van der Waals surface area contributed by atoms with Gasteiger partial charge in [-0.05, 0) is 30.0 Å². The number of carbonyl (C=O) groups is 1. The molecule has 0 radical (unpaired) electrons. The molecule has 0 unspecified atom stereocenters. The molecular formula is C20H18FNOS2. The Morgan fingerprint density at radius 2 is 1.88 bits per heavy atom. The van der Waals surface area contributed by atoms with Crippen LogP contribution in [0.5, 0.6) is 0 Å². The summed E-state index contributed by atoms with van der Waals surface area (Å²) in [6, 6.07) is 17.0. The molecule has 1 aliphatic heterocycles. The highest BCUT2D eigenvalue weighted by Crippen LogP contribution is 2.36. The monoisotopic (exact) mass is 371 g/mol. The minimum absolute atomic E-state index is 0.0935. The van der Waals surface area contributed by atoms with Crippen molar-refractivity contribution in [1.82, 2.24) is 4.90 Å². The summed E-state index contributed by atoms with van der Waals surface area (Å²) in [6.45, 7) is 1.38. The van der Waals surface area contributed by atoms with Gasteiger partial charge in [-0.1, -0.05) is 36.4 Å². The van der Waals surface area contributed by atoms with Crippen molar-refractivity contribution in [3.8, 4) is 0 Å². The highest BCUT2D eigenvalue weighted by Gasteiger charge is 2.25. The Morgan fingerprint density at radius 3 is 2.72 bits per heavy atom. The molecule has 4 rings (SSSR count). The van der Waals surface area contributed by atoms with Gasteiger partial charge < -0.3 is 4.90 Å². The third-order valence-electron chi connectivity index (χ3n) is 4.52. The quantitative estimate of drug-likeness (QED) is 0.604. The van der Waals surface area contributed by atoms with Crippen molar-refractivity contribution in [1.29, 1.82) is 0 Å². The number of amides is 1. The molecule has 1 amide bonds. The normalized spacial score (nSPS) is 18.3.